The Balaban J connectivity index is 1.10. The fourth-order valence-electron chi connectivity index (χ4n) is 6.78. The quantitative estimate of drug-likeness (QED) is 0.261. The van der Waals surface area contributed by atoms with Gasteiger partial charge in [-0.3, -0.25) is 9.59 Å². The average Bonchev–Trinajstić information content (AvgIpc) is 3.72. The zero-order valence-corrected chi connectivity index (χ0v) is 24.6. The smallest absolute Gasteiger partial charge is 0.293 e. The molecule has 9 heteroatoms. The second-order valence-electron chi connectivity index (χ2n) is 12.0. The minimum Gasteiger partial charge on any atom is -0.336 e. The number of piperidine rings is 1. The molecule has 0 radical (unpaired) electrons. The Morgan fingerprint density at radius 1 is 0.976 bits per heavy atom. The molecule has 2 N–H and O–H groups in total. The zero-order valence-electron chi connectivity index (χ0n) is 23.8. The molecule has 2 atom stereocenters. The number of hydrogen-bond donors (Lipinski definition) is 2. The highest BCUT2D eigenvalue weighted by atomic mass is 32.1. The number of rotatable bonds is 6. The summed E-state index contributed by atoms with van der Waals surface area (Å²) in [5.74, 6) is 1.05. The van der Waals surface area contributed by atoms with Crippen molar-refractivity contribution in [3.63, 3.8) is 0 Å². The van der Waals surface area contributed by atoms with Gasteiger partial charge in [-0.15, -0.1) is 11.3 Å². The van der Waals surface area contributed by atoms with Crippen LogP contribution in [0.3, 0.4) is 0 Å². The van der Waals surface area contributed by atoms with Gasteiger partial charge in [-0.25, -0.2) is 9.37 Å². The number of amides is 1. The molecule has 4 aromatic rings. The molecule has 3 heterocycles. The van der Waals surface area contributed by atoms with Crippen molar-refractivity contribution in [2.75, 3.05) is 30.8 Å². The van der Waals surface area contributed by atoms with Gasteiger partial charge in [0, 0.05) is 29.4 Å². The van der Waals surface area contributed by atoms with Crippen LogP contribution in [0.15, 0.2) is 59.5 Å². The minimum atomic E-state index is -0.524. The first kappa shape index (κ1) is 27.0. The van der Waals surface area contributed by atoms with E-state index in [9.17, 15) is 14.0 Å². The number of likely N-dealkylation sites (tertiary alicyclic amines) is 1. The number of thiophene rings is 1. The molecule has 3 aliphatic rings. The Bertz CT molecular complexity index is 1690. The monoisotopic (exact) mass is 583 g/mol. The highest BCUT2D eigenvalue weighted by Crippen LogP contribution is 2.56. The average molecular weight is 584 g/mol. The lowest BCUT2D eigenvalue weighted by molar-refractivity contribution is 0.103. The van der Waals surface area contributed by atoms with Crippen molar-refractivity contribution >= 4 is 34.4 Å². The van der Waals surface area contributed by atoms with Crippen LogP contribution in [0.2, 0.25) is 0 Å². The van der Waals surface area contributed by atoms with Gasteiger partial charge < -0.3 is 20.1 Å². The summed E-state index contributed by atoms with van der Waals surface area (Å²) in [5.41, 5.74) is 4.29. The van der Waals surface area contributed by atoms with Gasteiger partial charge in [0.15, 0.2) is 5.82 Å². The van der Waals surface area contributed by atoms with Crippen molar-refractivity contribution < 1.29 is 9.18 Å². The maximum absolute atomic E-state index is 14.9. The third-order valence-corrected chi connectivity index (χ3v) is 10.5. The summed E-state index contributed by atoms with van der Waals surface area (Å²) in [6.07, 6.45) is 7.50. The lowest BCUT2D eigenvalue weighted by Crippen LogP contribution is -2.29. The topological polar surface area (TPSA) is 79.3 Å². The number of aromatic nitrogens is 2. The third kappa shape index (κ3) is 5.05. The first-order valence-electron chi connectivity index (χ1n) is 14.7. The highest BCUT2D eigenvalue weighted by molar-refractivity contribution is 7.14. The zero-order chi connectivity index (χ0) is 29.0. The predicted octanol–water partition coefficient (Wildman–Crippen LogP) is 6.82. The number of hydrogen-bond acceptors (Lipinski definition) is 6. The Kier molecular flexibility index (Phi) is 6.94. The molecule has 1 amide bonds. The molecule has 1 aliphatic heterocycles. The Morgan fingerprint density at radius 3 is 2.50 bits per heavy atom. The van der Waals surface area contributed by atoms with Gasteiger partial charge in [-0.2, -0.15) is 0 Å². The van der Waals surface area contributed by atoms with E-state index < -0.39 is 5.82 Å². The number of carbonyl (C=O) groups is 1. The number of nitrogens with zero attached hydrogens (tertiary/aromatic N) is 3. The summed E-state index contributed by atoms with van der Waals surface area (Å²) >= 11 is 1.54. The normalized spacial score (nSPS) is 20.1. The van der Waals surface area contributed by atoms with Gasteiger partial charge >= 0.3 is 0 Å². The molecule has 1 saturated carbocycles. The summed E-state index contributed by atoms with van der Waals surface area (Å²) in [6.45, 7) is 2.20. The first-order valence-corrected chi connectivity index (χ1v) is 15.5. The van der Waals surface area contributed by atoms with Crippen LogP contribution < -0.4 is 16.2 Å². The van der Waals surface area contributed by atoms with E-state index in [0.717, 1.165) is 31.6 Å². The molecule has 2 aromatic heterocycles. The number of benzene rings is 2. The number of carbonyl (C=O) groups excluding carboxylic acids is 1. The van der Waals surface area contributed by atoms with Crippen molar-refractivity contribution in [2.45, 2.75) is 49.9 Å². The minimum absolute atomic E-state index is 0.0867. The van der Waals surface area contributed by atoms with Gasteiger partial charge in [0.25, 0.3) is 11.5 Å². The molecule has 2 aromatic carbocycles. The van der Waals surface area contributed by atoms with Crippen LogP contribution in [-0.4, -0.2) is 40.5 Å². The molecule has 1 saturated heterocycles. The van der Waals surface area contributed by atoms with Crippen LogP contribution in [0.25, 0.3) is 11.3 Å². The van der Waals surface area contributed by atoms with E-state index in [1.54, 1.807) is 25.4 Å². The van der Waals surface area contributed by atoms with Crippen LogP contribution in [0.5, 0.6) is 0 Å². The van der Waals surface area contributed by atoms with Crippen LogP contribution >= 0.6 is 11.3 Å². The van der Waals surface area contributed by atoms with Crippen molar-refractivity contribution in [3.05, 3.63) is 91.8 Å². The van der Waals surface area contributed by atoms with Crippen LogP contribution in [-0.2, 0) is 7.05 Å². The van der Waals surface area contributed by atoms with Gasteiger partial charge in [-0.05, 0) is 118 Å². The van der Waals surface area contributed by atoms with E-state index in [1.165, 1.54) is 57.2 Å². The van der Waals surface area contributed by atoms with Gasteiger partial charge in [0.1, 0.15) is 5.82 Å². The summed E-state index contributed by atoms with van der Waals surface area (Å²) in [5, 5.41) is 5.95. The second kappa shape index (κ2) is 10.8. The van der Waals surface area contributed by atoms with E-state index in [1.807, 2.05) is 18.2 Å². The van der Waals surface area contributed by atoms with Crippen molar-refractivity contribution in [2.24, 2.45) is 7.05 Å². The highest BCUT2D eigenvalue weighted by Gasteiger charge is 2.39. The molecular weight excluding hydrogens is 549 g/mol. The summed E-state index contributed by atoms with van der Waals surface area (Å²) in [6, 6.07) is 14.7. The van der Waals surface area contributed by atoms with E-state index >= 15 is 0 Å². The van der Waals surface area contributed by atoms with Gasteiger partial charge in [0.2, 0.25) is 0 Å². The Morgan fingerprint density at radius 2 is 1.74 bits per heavy atom. The number of nitrogens with one attached hydrogen (secondary N) is 2. The molecule has 216 valence electrons. The van der Waals surface area contributed by atoms with Crippen LogP contribution in [0, 0.1) is 5.82 Å². The van der Waals surface area contributed by atoms with Crippen molar-refractivity contribution in [1.82, 2.24) is 14.5 Å². The van der Waals surface area contributed by atoms with Crippen molar-refractivity contribution in [1.29, 1.82) is 0 Å². The lowest BCUT2D eigenvalue weighted by Gasteiger charge is -2.29. The van der Waals surface area contributed by atoms with Gasteiger partial charge in [-0.1, -0.05) is 12.1 Å². The lowest BCUT2D eigenvalue weighted by atomic mass is 9.89. The van der Waals surface area contributed by atoms with Crippen LogP contribution in [0.1, 0.15) is 75.5 Å². The molecule has 0 spiro atoms. The maximum Gasteiger partial charge on any atom is 0.293 e. The van der Waals surface area contributed by atoms with E-state index in [0.29, 0.717) is 33.9 Å². The van der Waals surface area contributed by atoms with Gasteiger partial charge in [0.05, 0.1) is 16.3 Å². The Labute approximate surface area is 248 Å². The molecule has 2 unspecified atom stereocenters. The van der Waals surface area contributed by atoms with Crippen molar-refractivity contribution in [3.8, 4) is 11.3 Å². The molecular formula is C33H34FN5O2S. The molecule has 42 heavy (non-hydrogen) atoms. The molecule has 7 nitrogen and oxygen atoms in total. The van der Waals surface area contributed by atoms with E-state index in [4.69, 9.17) is 0 Å². The summed E-state index contributed by atoms with van der Waals surface area (Å²) < 4.78 is 16.3. The molecule has 2 bridgehead atoms. The molecule has 2 aliphatic carbocycles. The number of halogens is 1. The number of anilines is 3. The predicted molar refractivity (Wildman–Crippen MR) is 166 cm³/mol. The maximum atomic E-state index is 14.9. The fourth-order valence-corrected chi connectivity index (χ4v) is 8.07. The summed E-state index contributed by atoms with van der Waals surface area (Å²) in [7, 11) is 3.82. The van der Waals surface area contributed by atoms with E-state index in [2.05, 4.69) is 39.7 Å². The second-order valence-corrected chi connectivity index (χ2v) is 13.1. The molecule has 2 fully saturated rings. The first-order chi connectivity index (χ1) is 20.3. The third-order valence-electron chi connectivity index (χ3n) is 9.20. The SMILES string of the molecule is CN1CCC(c2ccc(Nc3nc(-c4ccc(F)c(NC(=O)c5cc6c(s5)C5CCC6C5)c4)cn(C)c3=O)cc2)CC1. The number of aryl methyl sites for hydroxylation is 1. The summed E-state index contributed by atoms with van der Waals surface area (Å²) in [4.78, 5) is 35.0. The largest absolute Gasteiger partial charge is 0.336 e. The standard InChI is InChI=1S/C33H34FN5O2S/c1-38-13-11-20(12-14-38)19-5-8-24(9-6-19)35-31-33(41)39(2)18-28(36-31)22-7-10-26(34)27(16-22)37-32(40)29-17-25-21-3-4-23(15-21)30(25)42-29/h5-10,16-18,20-21,23H,3-4,11-15H2,1-2H3,(H,35,36)(H,37,40). The Hall–Kier alpha value is -3.82. The van der Waals surface area contributed by atoms with Crippen LogP contribution in [0.4, 0.5) is 21.6 Å². The fraction of sp³-hybridized carbons (Fsp3) is 0.364. The number of fused-ring (bicyclic) bond motifs is 5. The van der Waals surface area contributed by atoms with E-state index in [-0.39, 0.29) is 23.0 Å². The molecule has 7 rings (SSSR count).